The third-order valence-corrected chi connectivity index (χ3v) is 5.56. The fourth-order valence-electron chi connectivity index (χ4n) is 3.05. The molecule has 1 aliphatic heterocycles. The fourth-order valence-corrected chi connectivity index (χ4v) is 4.05. The maximum Gasteiger partial charge on any atom is 0.335 e. The van der Waals surface area contributed by atoms with E-state index in [-0.39, 0.29) is 17.0 Å². The molecule has 3 aromatic carbocycles. The summed E-state index contributed by atoms with van der Waals surface area (Å²) in [7, 11) is 0. The van der Waals surface area contributed by atoms with Crippen molar-refractivity contribution in [2.75, 3.05) is 4.90 Å². The first-order chi connectivity index (χ1) is 15.4. The summed E-state index contributed by atoms with van der Waals surface area (Å²) in [6, 6.07) is 21.4. The van der Waals surface area contributed by atoms with Crippen molar-refractivity contribution in [1.29, 1.82) is 0 Å². The lowest BCUT2D eigenvalue weighted by Crippen LogP contribution is -2.28. The van der Waals surface area contributed by atoms with Gasteiger partial charge >= 0.3 is 11.9 Å². The van der Waals surface area contributed by atoms with Gasteiger partial charge in [-0.15, -0.1) is 0 Å². The zero-order chi connectivity index (χ0) is 22.7. The van der Waals surface area contributed by atoms with Crippen molar-refractivity contribution >= 4 is 52.2 Å². The minimum atomic E-state index is -1.06. The number of aliphatic imine (C=N–C) groups is 1. The van der Waals surface area contributed by atoms with Crippen molar-refractivity contribution in [2.45, 2.75) is 0 Å². The van der Waals surface area contributed by atoms with E-state index in [2.05, 4.69) is 4.99 Å². The molecular weight excluding hydrogens is 428 g/mol. The second-order valence-corrected chi connectivity index (χ2v) is 7.77. The lowest BCUT2D eigenvalue weighted by molar-refractivity contribution is -0.113. The smallest absolute Gasteiger partial charge is 0.335 e. The lowest BCUT2D eigenvalue weighted by atomic mass is 10.1. The van der Waals surface area contributed by atoms with Crippen LogP contribution in [0.25, 0.3) is 6.08 Å². The Hall–Kier alpha value is -4.17. The number of hydrogen-bond acceptors (Lipinski definition) is 5. The number of aromatic carboxylic acids is 2. The van der Waals surface area contributed by atoms with Gasteiger partial charge in [-0.3, -0.25) is 9.69 Å². The summed E-state index contributed by atoms with van der Waals surface area (Å²) in [6.07, 6.45) is 1.67. The standard InChI is InChI=1S/C24H16N2O5S/c27-21-20(13-15-9-11-16(12-10-15)22(28)29)32-24(26(21)19-7-2-1-3-8-19)25-18-6-4-5-17(14-18)23(30)31/h1-14H,(H,28,29)(H,30,31)/b20-13-,25-24?. The van der Waals surface area contributed by atoms with Crippen molar-refractivity contribution in [3.8, 4) is 0 Å². The molecule has 32 heavy (non-hydrogen) atoms. The Labute approximate surface area is 187 Å². The predicted octanol–water partition coefficient (Wildman–Crippen LogP) is 4.89. The summed E-state index contributed by atoms with van der Waals surface area (Å²) in [5, 5.41) is 18.7. The Bertz CT molecular complexity index is 1270. The summed E-state index contributed by atoms with van der Waals surface area (Å²) in [4.78, 5) is 42.0. The Morgan fingerprint density at radius 1 is 0.844 bits per heavy atom. The highest BCUT2D eigenvalue weighted by Gasteiger charge is 2.34. The van der Waals surface area contributed by atoms with Gasteiger partial charge in [0.1, 0.15) is 0 Å². The Kier molecular flexibility index (Phi) is 5.87. The molecule has 0 radical (unpaired) electrons. The quantitative estimate of drug-likeness (QED) is 0.543. The second-order valence-electron chi connectivity index (χ2n) is 6.76. The first-order valence-corrected chi connectivity index (χ1v) is 10.3. The average molecular weight is 444 g/mol. The molecule has 0 unspecified atom stereocenters. The number of carbonyl (C=O) groups excluding carboxylic acids is 1. The minimum Gasteiger partial charge on any atom is -0.478 e. The number of amidine groups is 1. The van der Waals surface area contributed by atoms with Crippen LogP contribution in [0.1, 0.15) is 26.3 Å². The number of benzene rings is 3. The van der Waals surface area contributed by atoms with Gasteiger partial charge in [0.15, 0.2) is 5.17 Å². The van der Waals surface area contributed by atoms with E-state index >= 15 is 0 Å². The van der Waals surface area contributed by atoms with Crippen LogP contribution in [0, 0.1) is 0 Å². The molecular formula is C24H16N2O5S. The largest absolute Gasteiger partial charge is 0.478 e. The molecule has 158 valence electrons. The van der Waals surface area contributed by atoms with E-state index in [1.165, 1.54) is 29.2 Å². The van der Waals surface area contributed by atoms with Gasteiger partial charge in [0.05, 0.1) is 27.4 Å². The predicted molar refractivity (Wildman–Crippen MR) is 123 cm³/mol. The highest BCUT2D eigenvalue weighted by atomic mass is 32.2. The molecule has 0 aromatic heterocycles. The van der Waals surface area contributed by atoms with Crippen molar-refractivity contribution in [3.63, 3.8) is 0 Å². The molecule has 0 bridgehead atoms. The SMILES string of the molecule is O=C(O)c1ccc(/C=C2\SC(=Nc3cccc(C(=O)O)c3)N(c3ccccc3)C2=O)cc1. The van der Waals surface area contributed by atoms with Crippen LogP contribution in [0.5, 0.6) is 0 Å². The highest BCUT2D eigenvalue weighted by Crippen LogP contribution is 2.37. The van der Waals surface area contributed by atoms with Gasteiger partial charge in [0.25, 0.3) is 5.91 Å². The molecule has 0 aliphatic carbocycles. The maximum atomic E-state index is 13.2. The lowest BCUT2D eigenvalue weighted by Gasteiger charge is -2.15. The van der Waals surface area contributed by atoms with Crippen molar-refractivity contribution in [2.24, 2.45) is 4.99 Å². The number of carboxylic acid groups (broad SMARTS) is 2. The van der Waals surface area contributed by atoms with E-state index < -0.39 is 11.9 Å². The Balaban J connectivity index is 1.74. The van der Waals surface area contributed by atoms with Crippen LogP contribution in [0.2, 0.25) is 0 Å². The molecule has 1 heterocycles. The van der Waals surface area contributed by atoms with Gasteiger partial charge in [0, 0.05) is 0 Å². The second kappa shape index (κ2) is 8.91. The number of hydrogen-bond donors (Lipinski definition) is 2. The summed E-state index contributed by atoms with van der Waals surface area (Å²) in [6.45, 7) is 0. The fraction of sp³-hybridized carbons (Fsp3) is 0. The molecule has 2 N–H and O–H groups in total. The van der Waals surface area contributed by atoms with E-state index in [9.17, 15) is 19.5 Å². The summed E-state index contributed by atoms with van der Waals surface area (Å²) in [5.41, 5.74) is 1.97. The molecule has 0 spiro atoms. The van der Waals surface area contributed by atoms with Crippen LogP contribution in [-0.2, 0) is 4.79 Å². The van der Waals surface area contributed by atoms with Crippen molar-refractivity contribution < 1.29 is 24.6 Å². The molecule has 1 saturated heterocycles. The Morgan fingerprint density at radius 2 is 1.53 bits per heavy atom. The van der Waals surface area contributed by atoms with Crippen molar-refractivity contribution in [1.82, 2.24) is 0 Å². The minimum absolute atomic E-state index is 0.0988. The Morgan fingerprint density at radius 3 is 2.19 bits per heavy atom. The van der Waals surface area contributed by atoms with Gasteiger partial charge in [0.2, 0.25) is 0 Å². The topological polar surface area (TPSA) is 107 Å². The number of carboxylic acids is 2. The molecule has 1 amide bonds. The number of anilines is 1. The van der Waals surface area contributed by atoms with Crippen LogP contribution in [-0.4, -0.2) is 33.2 Å². The third-order valence-electron chi connectivity index (χ3n) is 4.59. The monoisotopic (exact) mass is 444 g/mol. The number of thioether (sulfide) groups is 1. The molecule has 4 rings (SSSR count). The zero-order valence-electron chi connectivity index (χ0n) is 16.5. The van der Waals surface area contributed by atoms with Crippen LogP contribution >= 0.6 is 11.8 Å². The number of carbonyl (C=O) groups is 3. The number of rotatable bonds is 5. The van der Waals surface area contributed by atoms with E-state index in [1.54, 1.807) is 42.5 Å². The zero-order valence-corrected chi connectivity index (χ0v) is 17.3. The van der Waals surface area contributed by atoms with E-state index in [0.29, 0.717) is 27.0 Å². The van der Waals surface area contributed by atoms with Crippen LogP contribution in [0.15, 0.2) is 88.8 Å². The third kappa shape index (κ3) is 4.45. The normalized spacial score (nSPS) is 16.0. The number of amides is 1. The van der Waals surface area contributed by atoms with Crippen molar-refractivity contribution in [3.05, 3.63) is 100 Å². The maximum absolute atomic E-state index is 13.2. The van der Waals surface area contributed by atoms with Gasteiger partial charge in [-0.05, 0) is 65.9 Å². The molecule has 1 aliphatic rings. The molecule has 7 nitrogen and oxygen atoms in total. The van der Waals surface area contributed by atoms with Crippen LogP contribution in [0.3, 0.4) is 0 Å². The van der Waals surface area contributed by atoms with Gasteiger partial charge in [-0.2, -0.15) is 0 Å². The van der Waals surface area contributed by atoms with Gasteiger partial charge in [-0.25, -0.2) is 14.6 Å². The molecule has 0 atom stereocenters. The number of para-hydroxylation sites is 1. The summed E-state index contributed by atoms with van der Waals surface area (Å²) >= 11 is 1.16. The highest BCUT2D eigenvalue weighted by molar-refractivity contribution is 8.19. The average Bonchev–Trinajstić information content (AvgIpc) is 3.09. The van der Waals surface area contributed by atoms with Crippen LogP contribution in [0.4, 0.5) is 11.4 Å². The van der Waals surface area contributed by atoms with E-state index in [0.717, 1.165) is 11.8 Å². The first kappa shape index (κ1) is 21.1. The summed E-state index contributed by atoms with van der Waals surface area (Å²) < 4.78 is 0. The van der Waals surface area contributed by atoms with Gasteiger partial charge < -0.3 is 10.2 Å². The first-order valence-electron chi connectivity index (χ1n) is 9.47. The molecule has 8 heteroatoms. The van der Waals surface area contributed by atoms with Crippen LogP contribution < -0.4 is 4.90 Å². The van der Waals surface area contributed by atoms with Gasteiger partial charge in [-0.1, -0.05) is 36.4 Å². The van der Waals surface area contributed by atoms with E-state index in [1.807, 2.05) is 18.2 Å². The number of nitrogens with zero attached hydrogens (tertiary/aromatic N) is 2. The summed E-state index contributed by atoms with van der Waals surface area (Å²) in [5.74, 6) is -2.37. The van der Waals surface area contributed by atoms with E-state index in [4.69, 9.17) is 5.11 Å². The molecule has 0 saturated carbocycles. The molecule has 1 fully saturated rings. The molecule has 3 aromatic rings.